The fourth-order valence-corrected chi connectivity index (χ4v) is 7.77. The summed E-state index contributed by atoms with van der Waals surface area (Å²) in [5.41, 5.74) is 1.53. The quantitative estimate of drug-likeness (QED) is 0.220. The van der Waals surface area contributed by atoms with Crippen LogP contribution in [0.5, 0.6) is 0 Å². The molecular formula is C24H32N3O6PS2. The van der Waals surface area contributed by atoms with Crippen molar-refractivity contribution in [3.05, 3.63) is 40.0 Å². The monoisotopic (exact) mass is 553 g/mol. The smallest absolute Gasteiger partial charge is 0.309 e. The van der Waals surface area contributed by atoms with E-state index in [-0.39, 0.29) is 36.5 Å². The number of ketones is 1. The first-order valence-electron chi connectivity index (χ1n) is 12.2. The molecule has 0 spiro atoms. The predicted octanol–water partition coefficient (Wildman–Crippen LogP) is 5.28. The molecule has 36 heavy (non-hydrogen) atoms. The number of nitrogens with zero attached hydrogens (tertiary/aromatic N) is 3. The normalized spacial score (nSPS) is 15.2. The molecule has 0 atom stereocenters. The Balaban J connectivity index is 1.59. The number of hydrogen-bond donors (Lipinski definition) is 0. The van der Waals surface area contributed by atoms with Crippen molar-refractivity contribution in [2.45, 2.75) is 63.6 Å². The zero-order valence-electron chi connectivity index (χ0n) is 20.8. The maximum Gasteiger partial charge on any atom is 0.336 e. The molecule has 0 N–H and O–H groups in total. The molecule has 0 unspecified atom stereocenters. The lowest BCUT2D eigenvalue weighted by Gasteiger charge is -2.15. The second kappa shape index (κ2) is 11.2. The number of carbonyl (C=O) groups is 1. The van der Waals surface area contributed by atoms with Gasteiger partial charge >= 0.3 is 7.60 Å². The Hall–Kier alpha value is -1.91. The molecule has 196 valence electrons. The molecule has 3 aromatic rings. The third-order valence-corrected chi connectivity index (χ3v) is 10.3. The summed E-state index contributed by atoms with van der Waals surface area (Å²) in [6.07, 6.45) is 5.83. The van der Waals surface area contributed by atoms with Crippen LogP contribution in [0.4, 0.5) is 0 Å². The number of sulfone groups is 1. The third kappa shape index (κ3) is 6.31. The van der Waals surface area contributed by atoms with E-state index in [0.717, 1.165) is 12.8 Å². The van der Waals surface area contributed by atoms with Crippen LogP contribution in [-0.2, 0) is 42.6 Å². The highest BCUT2D eigenvalue weighted by Gasteiger charge is 2.27. The SMILES string of the molecule is CCOP(=O)(Cc1csc(CC(=O)c2nn(CC3CCCC3)c3cc(S(C)(=O)=O)ccc23)n1)OCC. The van der Waals surface area contributed by atoms with E-state index in [9.17, 15) is 17.8 Å². The van der Waals surface area contributed by atoms with Gasteiger partial charge in [0.1, 0.15) is 10.7 Å². The summed E-state index contributed by atoms with van der Waals surface area (Å²) < 4.78 is 49.6. The van der Waals surface area contributed by atoms with Crippen LogP contribution in [-0.4, -0.2) is 48.4 Å². The minimum Gasteiger partial charge on any atom is -0.309 e. The topological polar surface area (TPSA) is 117 Å². The molecule has 0 radical (unpaired) electrons. The molecular weight excluding hydrogens is 521 g/mol. The Kier molecular flexibility index (Phi) is 8.46. The number of rotatable bonds is 12. The third-order valence-electron chi connectivity index (χ3n) is 6.24. The molecule has 1 aliphatic carbocycles. The predicted molar refractivity (Wildman–Crippen MR) is 140 cm³/mol. The molecule has 1 aromatic carbocycles. The van der Waals surface area contributed by atoms with E-state index in [1.54, 1.807) is 36.0 Å². The van der Waals surface area contributed by atoms with E-state index in [1.807, 2.05) is 0 Å². The summed E-state index contributed by atoms with van der Waals surface area (Å²) >= 11 is 1.32. The van der Waals surface area contributed by atoms with Gasteiger partial charge in [-0.3, -0.25) is 14.0 Å². The van der Waals surface area contributed by atoms with Crippen molar-refractivity contribution in [3.8, 4) is 0 Å². The van der Waals surface area contributed by atoms with Crippen molar-refractivity contribution in [3.63, 3.8) is 0 Å². The van der Waals surface area contributed by atoms with Gasteiger partial charge in [-0.2, -0.15) is 5.10 Å². The number of fused-ring (bicyclic) bond motifs is 1. The molecule has 0 saturated heterocycles. The fourth-order valence-electron chi connectivity index (χ4n) is 4.61. The molecule has 0 aliphatic heterocycles. The maximum absolute atomic E-state index is 13.3. The number of Topliss-reactive ketones (excluding diaryl/α,β-unsaturated/α-hetero) is 1. The standard InChI is InChI=1S/C24H32N3O6PS2/c1-4-32-34(29,33-5-2)15-18-16-35-23(25-18)13-22(28)24-20-11-10-19(36(3,30)31)12-21(20)27(26-24)14-17-8-6-7-9-17/h10-12,16-17H,4-9,13-15H2,1-3H3. The minimum atomic E-state index is -3.40. The molecule has 1 fully saturated rings. The lowest BCUT2D eigenvalue weighted by Crippen LogP contribution is -2.11. The summed E-state index contributed by atoms with van der Waals surface area (Å²) in [7, 11) is -6.68. The van der Waals surface area contributed by atoms with Crippen LogP contribution >= 0.6 is 18.9 Å². The van der Waals surface area contributed by atoms with E-state index in [0.29, 0.717) is 39.8 Å². The van der Waals surface area contributed by atoms with Gasteiger partial charge in [0, 0.05) is 23.6 Å². The van der Waals surface area contributed by atoms with Crippen LogP contribution in [0.2, 0.25) is 0 Å². The molecule has 1 saturated carbocycles. The number of aromatic nitrogens is 3. The first-order valence-corrected chi connectivity index (χ1v) is 16.7. The van der Waals surface area contributed by atoms with Crippen LogP contribution in [0, 0.1) is 5.92 Å². The largest absolute Gasteiger partial charge is 0.336 e. The Morgan fingerprint density at radius 3 is 2.53 bits per heavy atom. The van der Waals surface area contributed by atoms with E-state index in [1.165, 1.54) is 36.5 Å². The van der Waals surface area contributed by atoms with Gasteiger partial charge in [0.25, 0.3) is 0 Å². The van der Waals surface area contributed by atoms with E-state index in [4.69, 9.17) is 9.05 Å². The van der Waals surface area contributed by atoms with E-state index >= 15 is 0 Å². The summed E-state index contributed by atoms with van der Waals surface area (Å²) in [6.45, 7) is 4.70. The molecule has 9 nitrogen and oxygen atoms in total. The molecule has 12 heteroatoms. The molecule has 0 amide bonds. The lowest BCUT2D eigenvalue weighted by molar-refractivity contribution is 0.0988. The van der Waals surface area contributed by atoms with Crippen molar-refractivity contribution >= 4 is 45.5 Å². The number of benzene rings is 1. The van der Waals surface area contributed by atoms with Gasteiger partial charge in [0.05, 0.1) is 41.9 Å². The average Bonchev–Trinajstić information content (AvgIpc) is 3.55. The summed E-state index contributed by atoms with van der Waals surface area (Å²) in [5.74, 6) is 0.266. The van der Waals surface area contributed by atoms with Crippen molar-refractivity contribution < 1.29 is 26.8 Å². The molecule has 2 aromatic heterocycles. The first kappa shape index (κ1) is 27.1. The van der Waals surface area contributed by atoms with Gasteiger partial charge in [0.15, 0.2) is 15.6 Å². The van der Waals surface area contributed by atoms with Crippen LogP contribution in [0.25, 0.3) is 10.9 Å². The van der Waals surface area contributed by atoms with Crippen LogP contribution < -0.4 is 0 Å². The number of thiazole rings is 1. The van der Waals surface area contributed by atoms with Gasteiger partial charge < -0.3 is 9.05 Å². The minimum absolute atomic E-state index is 0.0433. The van der Waals surface area contributed by atoms with Crippen molar-refractivity contribution in [1.29, 1.82) is 0 Å². The van der Waals surface area contributed by atoms with E-state index < -0.39 is 17.4 Å². The Morgan fingerprint density at radius 2 is 1.89 bits per heavy atom. The molecule has 4 rings (SSSR count). The Labute approximate surface area is 215 Å². The van der Waals surface area contributed by atoms with Crippen LogP contribution in [0.3, 0.4) is 0 Å². The zero-order valence-corrected chi connectivity index (χ0v) is 23.3. The van der Waals surface area contributed by atoms with Gasteiger partial charge in [-0.05, 0) is 50.8 Å². The number of hydrogen-bond acceptors (Lipinski definition) is 9. The second-order valence-corrected chi connectivity index (χ2v) is 14.1. The van der Waals surface area contributed by atoms with Crippen molar-refractivity contribution in [1.82, 2.24) is 14.8 Å². The lowest BCUT2D eigenvalue weighted by atomic mass is 10.1. The van der Waals surface area contributed by atoms with Gasteiger partial charge in [-0.25, -0.2) is 13.4 Å². The molecule has 1 aliphatic rings. The van der Waals surface area contributed by atoms with Gasteiger partial charge in [-0.15, -0.1) is 11.3 Å². The zero-order chi connectivity index (χ0) is 25.9. The van der Waals surface area contributed by atoms with E-state index in [2.05, 4.69) is 10.1 Å². The highest BCUT2D eigenvalue weighted by Crippen LogP contribution is 2.51. The molecule has 0 bridgehead atoms. The second-order valence-electron chi connectivity index (χ2n) is 9.07. The van der Waals surface area contributed by atoms with Gasteiger partial charge in [-0.1, -0.05) is 12.8 Å². The Morgan fingerprint density at radius 1 is 1.19 bits per heavy atom. The maximum atomic E-state index is 13.3. The van der Waals surface area contributed by atoms with Gasteiger partial charge in [0.2, 0.25) is 0 Å². The number of carbonyl (C=O) groups excluding carboxylic acids is 1. The van der Waals surface area contributed by atoms with Crippen LogP contribution in [0.1, 0.15) is 60.7 Å². The summed E-state index contributed by atoms with van der Waals surface area (Å²) in [5, 5.41) is 7.64. The highest BCUT2D eigenvalue weighted by atomic mass is 32.2. The highest BCUT2D eigenvalue weighted by molar-refractivity contribution is 7.90. The average molecular weight is 554 g/mol. The Bertz CT molecular complexity index is 1380. The van der Waals surface area contributed by atoms with Crippen molar-refractivity contribution in [2.24, 2.45) is 5.92 Å². The summed E-state index contributed by atoms with van der Waals surface area (Å²) in [4.78, 5) is 18.0. The molecule has 2 heterocycles. The fraction of sp³-hybridized carbons (Fsp3) is 0.542. The van der Waals surface area contributed by atoms with Crippen molar-refractivity contribution in [2.75, 3.05) is 19.5 Å². The van der Waals surface area contributed by atoms with Crippen LogP contribution in [0.15, 0.2) is 28.5 Å². The summed E-state index contributed by atoms with van der Waals surface area (Å²) in [6, 6.07) is 4.81. The first-order chi connectivity index (χ1) is 17.1.